The Kier molecular flexibility index (Phi) is 8.94. The Bertz CT molecular complexity index is 4400. The van der Waals surface area contributed by atoms with Crippen molar-refractivity contribution in [1.29, 1.82) is 0 Å². The minimum atomic E-state index is 0.302. The van der Waals surface area contributed by atoms with Crippen LogP contribution in [0.1, 0.15) is 37.1 Å². The first-order valence-corrected chi connectivity index (χ1v) is 25.3. The van der Waals surface area contributed by atoms with E-state index in [1.807, 2.05) is 0 Å². The summed E-state index contributed by atoms with van der Waals surface area (Å²) in [6.07, 6.45) is 8.91. The van der Waals surface area contributed by atoms with Crippen molar-refractivity contribution in [2.75, 3.05) is 0 Å². The summed E-state index contributed by atoms with van der Waals surface area (Å²) < 4.78 is 9.70. The molecule has 0 radical (unpaired) electrons. The minimum Gasteiger partial charge on any atom is -0.308 e. The van der Waals surface area contributed by atoms with Crippen LogP contribution in [0.5, 0.6) is 0 Å². The lowest BCUT2D eigenvalue weighted by Gasteiger charge is -2.21. The lowest BCUT2D eigenvalue weighted by molar-refractivity contribution is 0.718. The standard InChI is InChI=1S/C66H48N6/c1-41-32-35-62-54(36-41)53-34-33-52-51-24-7-8-26-57(51)69(46-19-14-17-44(40-46)56-37-42(2)38-64(68-56)72-60-29-11-5-22-49(60)50-23-6-12-30-61(50)72)65(52)66(53)70(62)45-18-13-16-43(39-45)55-25-15-31-63(67-55)71-58-27-9-3-20-47(58)48-21-4-10-28-59(48)71/h3-35,38-42H,36-37H2,1-2H3. The fourth-order valence-electron chi connectivity index (χ4n) is 12.3. The summed E-state index contributed by atoms with van der Waals surface area (Å²) in [4.78, 5) is 11.0. The summed E-state index contributed by atoms with van der Waals surface area (Å²) in [5, 5.41) is 8.69. The average molecular weight is 925 g/mol. The van der Waals surface area contributed by atoms with Crippen molar-refractivity contribution in [3.63, 3.8) is 0 Å². The molecule has 0 saturated carbocycles. The van der Waals surface area contributed by atoms with Gasteiger partial charge in [-0.1, -0.05) is 153 Å². The number of benzene rings is 8. The molecule has 72 heavy (non-hydrogen) atoms. The van der Waals surface area contributed by atoms with Crippen molar-refractivity contribution in [3.05, 3.63) is 229 Å². The maximum Gasteiger partial charge on any atom is 0.138 e. The summed E-state index contributed by atoms with van der Waals surface area (Å²) in [6.45, 7) is 4.64. The van der Waals surface area contributed by atoms with Crippen molar-refractivity contribution >= 4 is 93.9 Å². The Labute approximate surface area is 416 Å². The molecule has 1 aliphatic carbocycles. The van der Waals surface area contributed by atoms with Gasteiger partial charge in [-0.3, -0.25) is 9.13 Å². The van der Waals surface area contributed by atoms with Crippen LogP contribution in [0.2, 0.25) is 0 Å². The summed E-state index contributed by atoms with van der Waals surface area (Å²) in [6, 6.07) is 72.9. The number of rotatable bonds is 6. The van der Waals surface area contributed by atoms with Crippen LogP contribution >= 0.6 is 0 Å². The molecule has 342 valence electrons. The molecule has 6 heterocycles. The zero-order valence-electron chi connectivity index (χ0n) is 40.0. The van der Waals surface area contributed by atoms with E-state index in [9.17, 15) is 0 Å². The fourth-order valence-corrected chi connectivity index (χ4v) is 12.3. The quantitative estimate of drug-likeness (QED) is 0.164. The van der Waals surface area contributed by atoms with E-state index in [2.05, 4.69) is 251 Å². The van der Waals surface area contributed by atoms with E-state index in [4.69, 9.17) is 9.98 Å². The van der Waals surface area contributed by atoms with Crippen molar-refractivity contribution in [3.8, 4) is 28.5 Å². The van der Waals surface area contributed by atoms with Gasteiger partial charge in [-0.2, -0.15) is 0 Å². The summed E-state index contributed by atoms with van der Waals surface area (Å²) in [5.74, 6) is 2.61. The molecular formula is C66H48N6. The van der Waals surface area contributed by atoms with Crippen LogP contribution in [0.25, 0.3) is 117 Å². The minimum absolute atomic E-state index is 0.302. The van der Waals surface area contributed by atoms with Gasteiger partial charge in [0, 0.05) is 60.3 Å². The molecule has 5 aromatic heterocycles. The molecule has 8 aromatic carbocycles. The molecule has 2 unspecified atom stereocenters. The largest absolute Gasteiger partial charge is 0.308 e. The Morgan fingerprint density at radius 1 is 0.417 bits per heavy atom. The summed E-state index contributed by atoms with van der Waals surface area (Å²) >= 11 is 0. The molecule has 1 aliphatic heterocycles. The molecular weight excluding hydrogens is 877 g/mol. The molecule has 6 heteroatoms. The monoisotopic (exact) mass is 924 g/mol. The third-order valence-corrected chi connectivity index (χ3v) is 15.4. The van der Waals surface area contributed by atoms with Crippen molar-refractivity contribution in [1.82, 2.24) is 23.3 Å². The molecule has 0 fully saturated rings. The second kappa shape index (κ2) is 15.8. The molecule has 0 N–H and O–H groups in total. The molecule has 2 atom stereocenters. The van der Waals surface area contributed by atoms with Crippen LogP contribution in [0.4, 0.5) is 0 Å². The average Bonchev–Trinajstić information content (AvgIpc) is 4.16. The van der Waals surface area contributed by atoms with Gasteiger partial charge in [-0.15, -0.1) is 0 Å². The van der Waals surface area contributed by atoms with Gasteiger partial charge in [0.15, 0.2) is 0 Å². The molecule has 0 saturated heterocycles. The van der Waals surface area contributed by atoms with E-state index in [1.165, 1.54) is 76.5 Å². The van der Waals surface area contributed by atoms with Crippen LogP contribution in [0.15, 0.2) is 217 Å². The van der Waals surface area contributed by atoms with Crippen LogP contribution < -0.4 is 0 Å². The van der Waals surface area contributed by atoms with E-state index in [-0.39, 0.29) is 0 Å². The van der Waals surface area contributed by atoms with E-state index >= 15 is 0 Å². The lowest BCUT2D eigenvalue weighted by atomic mass is 9.93. The Hall–Kier alpha value is -9.00. The first kappa shape index (κ1) is 40.8. The predicted molar refractivity (Wildman–Crippen MR) is 301 cm³/mol. The SMILES string of the molecule is CC1C=C(n2c3ccccc3c3ccccc32)N=C(c2cccc(-n3c4ccccc4c4ccc5c6c(n(-c7cccc(-c8cccc(-n9c%10ccccc%10c%10ccccc%109)n8)c7)c5c43)C=CC(C)C6)c2)C1. The summed E-state index contributed by atoms with van der Waals surface area (Å²) in [5.41, 5.74) is 17.3. The molecule has 2 aliphatic rings. The molecule has 0 spiro atoms. The highest BCUT2D eigenvalue weighted by atomic mass is 15.1. The van der Waals surface area contributed by atoms with Gasteiger partial charge in [0.1, 0.15) is 11.6 Å². The third-order valence-electron chi connectivity index (χ3n) is 15.4. The molecule has 0 amide bonds. The normalized spacial score (nSPS) is 15.9. The van der Waals surface area contributed by atoms with Crippen LogP contribution in [0.3, 0.4) is 0 Å². The number of para-hydroxylation sites is 5. The number of aliphatic imine (C=N–C) groups is 1. The second-order valence-electron chi connectivity index (χ2n) is 19.9. The Morgan fingerprint density at radius 2 is 0.931 bits per heavy atom. The number of hydrogen-bond acceptors (Lipinski definition) is 2. The zero-order chi connectivity index (χ0) is 47.6. The highest BCUT2D eigenvalue weighted by molar-refractivity contribution is 6.20. The Balaban J connectivity index is 0.916. The third kappa shape index (κ3) is 6.08. The number of pyridine rings is 1. The lowest BCUT2D eigenvalue weighted by Crippen LogP contribution is -2.14. The summed E-state index contributed by atoms with van der Waals surface area (Å²) in [7, 11) is 0. The zero-order valence-corrected chi connectivity index (χ0v) is 40.0. The van der Waals surface area contributed by atoms with E-state index in [1.54, 1.807) is 0 Å². The number of nitrogens with zero attached hydrogens (tertiary/aromatic N) is 6. The van der Waals surface area contributed by atoms with E-state index in [0.29, 0.717) is 11.8 Å². The van der Waals surface area contributed by atoms with Gasteiger partial charge in [0.2, 0.25) is 0 Å². The van der Waals surface area contributed by atoms with Crippen LogP contribution in [-0.2, 0) is 6.42 Å². The first-order chi connectivity index (χ1) is 35.5. The highest BCUT2D eigenvalue weighted by Crippen LogP contribution is 2.44. The van der Waals surface area contributed by atoms with Gasteiger partial charge in [0.05, 0.1) is 50.0 Å². The number of fused-ring (bicyclic) bond motifs is 13. The van der Waals surface area contributed by atoms with Gasteiger partial charge in [-0.05, 0) is 115 Å². The molecule has 6 nitrogen and oxygen atoms in total. The van der Waals surface area contributed by atoms with Crippen molar-refractivity contribution < 1.29 is 0 Å². The van der Waals surface area contributed by atoms with Gasteiger partial charge < -0.3 is 9.13 Å². The first-order valence-electron chi connectivity index (χ1n) is 25.3. The smallest absolute Gasteiger partial charge is 0.138 e. The number of aromatic nitrogens is 5. The van der Waals surface area contributed by atoms with Crippen LogP contribution in [0, 0.1) is 11.8 Å². The predicted octanol–water partition coefficient (Wildman–Crippen LogP) is 16.5. The van der Waals surface area contributed by atoms with Gasteiger partial charge >= 0.3 is 0 Å². The highest BCUT2D eigenvalue weighted by Gasteiger charge is 2.27. The molecule has 0 bridgehead atoms. The van der Waals surface area contributed by atoms with E-state index in [0.717, 1.165) is 69.4 Å². The van der Waals surface area contributed by atoms with Crippen LogP contribution in [-0.4, -0.2) is 29.0 Å². The number of hydrogen-bond donors (Lipinski definition) is 0. The Morgan fingerprint density at radius 3 is 1.58 bits per heavy atom. The van der Waals surface area contributed by atoms with Crippen molar-refractivity contribution in [2.45, 2.75) is 26.7 Å². The van der Waals surface area contributed by atoms with Gasteiger partial charge in [0.25, 0.3) is 0 Å². The second-order valence-corrected chi connectivity index (χ2v) is 19.9. The molecule has 15 rings (SSSR count). The van der Waals surface area contributed by atoms with Gasteiger partial charge in [-0.25, -0.2) is 9.98 Å². The molecule has 13 aromatic rings. The van der Waals surface area contributed by atoms with E-state index < -0.39 is 0 Å². The maximum atomic E-state index is 5.54. The topological polar surface area (TPSA) is 45.0 Å². The maximum absolute atomic E-state index is 5.54. The fraction of sp³-hybridized carbons (Fsp3) is 0.0909. The van der Waals surface area contributed by atoms with Crippen molar-refractivity contribution in [2.24, 2.45) is 16.8 Å². The number of allylic oxidation sites excluding steroid dienone is 2.